The highest BCUT2D eigenvalue weighted by Gasteiger charge is 2.37. The summed E-state index contributed by atoms with van der Waals surface area (Å²) >= 11 is 12.3. The standard InChI is InChI=1S/C29H31Cl2F2N3O/c1-2-4-28(37)34-13-3-14-36(26-16-24(32)15-25(33)17-26)27-18-35(19-27)29(20-5-9-22(30)10-6-20)21-7-11-23(31)12-8-21/h5-12,15-17,27,29H,2-4,13-14,18-19H2,1H3,(H,34,37). The van der Waals surface area contributed by atoms with Gasteiger partial charge in [-0.05, 0) is 60.4 Å². The molecule has 0 radical (unpaired) electrons. The zero-order valence-corrected chi connectivity index (χ0v) is 22.3. The van der Waals surface area contributed by atoms with Crippen molar-refractivity contribution in [2.75, 3.05) is 31.1 Å². The van der Waals surface area contributed by atoms with E-state index >= 15 is 0 Å². The molecule has 1 heterocycles. The summed E-state index contributed by atoms with van der Waals surface area (Å²) in [5.41, 5.74) is 2.72. The van der Waals surface area contributed by atoms with Gasteiger partial charge in [-0.3, -0.25) is 9.69 Å². The molecule has 4 nitrogen and oxygen atoms in total. The minimum atomic E-state index is -0.604. The zero-order valence-electron chi connectivity index (χ0n) is 20.8. The number of nitrogens with one attached hydrogen (secondary N) is 1. The minimum Gasteiger partial charge on any atom is -0.366 e. The number of hydrogen-bond donors (Lipinski definition) is 1. The van der Waals surface area contributed by atoms with E-state index in [4.69, 9.17) is 23.2 Å². The molecular weight excluding hydrogens is 515 g/mol. The van der Waals surface area contributed by atoms with Crippen LogP contribution in [0.1, 0.15) is 43.4 Å². The molecular formula is C29H31Cl2F2N3O. The minimum absolute atomic E-state index is 0.00906. The summed E-state index contributed by atoms with van der Waals surface area (Å²) in [6, 6.07) is 19.3. The Labute approximate surface area is 227 Å². The lowest BCUT2D eigenvalue weighted by atomic mass is 9.92. The molecule has 0 aliphatic carbocycles. The second-order valence-corrected chi connectivity index (χ2v) is 10.3. The van der Waals surface area contributed by atoms with Crippen molar-refractivity contribution in [2.24, 2.45) is 0 Å². The number of amides is 1. The lowest BCUT2D eigenvalue weighted by Crippen LogP contribution is -2.60. The molecule has 1 saturated heterocycles. The highest BCUT2D eigenvalue weighted by molar-refractivity contribution is 6.30. The summed E-state index contributed by atoms with van der Waals surface area (Å²) in [5, 5.41) is 4.26. The molecule has 4 rings (SSSR count). The van der Waals surface area contributed by atoms with Crippen molar-refractivity contribution in [3.63, 3.8) is 0 Å². The topological polar surface area (TPSA) is 35.6 Å². The fourth-order valence-electron chi connectivity index (χ4n) is 4.82. The van der Waals surface area contributed by atoms with Crippen LogP contribution in [0.25, 0.3) is 0 Å². The van der Waals surface area contributed by atoms with Crippen LogP contribution in [-0.4, -0.2) is 43.0 Å². The molecule has 1 aliphatic heterocycles. The molecule has 0 unspecified atom stereocenters. The van der Waals surface area contributed by atoms with Gasteiger partial charge in [0.1, 0.15) is 11.6 Å². The first-order valence-electron chi connectivity index (χ1n) is 12.6. The second kappa shape index (κ2) is 12.7. The van der Waals surface area contributed by atoms with Gasteiger partial charge < -0.3 is 10.2 Å². The Hall–Kier alpha value is -2.67. The average molecular weight is 546 g/mol. The molecule has 37 heavy (non-hydrogen) atoms. The van der Waals surface area contributed by atoms with Crippen LogP contribution >= 0.6 is 23.2 Å². The van der Waals surface area contributed by atoms with Crippen molar-refractivity contribution in [3.05, 3.63) is 99.5 Å². The summed E-state index contributed by atoms with van der Waals surface area (Å²) < 4.78 is 28.2. The maximum absolute atomic E-state index is 14.1. The Morgan fingerprint density at radius 1 is 0.973 bits per heavy atom. The summed E-state index contributed by atoms with van der Waals surface area (Å²) in [4.78, 5) is 16.2. The highest BCUT2D eigenvalue weighted by atomic mass is 35.5. The number of hydrogen-bond acceptors (Lipinski definition) is 3. The van der Waals surface area contributed by atoms with Gasteiger partial charge in [-0.15, -0.1) is 0 Å². The van der Waals surface area contributed by atoms with E-state index in [2.05, 4.69) is 15.1 Å². The summed E-state index contributed by atoms with van der Waals surface area (Å²) in [6.07, 6.45) is 1.95. The van der Waals surface area contributed by atoms with Crippen LogP contribution in [-0.2, 0) is 4.79 Å². The predicted octanol–water partition coefficient (Wildman–Crippen LogP) is 6.86. The number of anilines is 1. The van der Waals surface area contributed by atoms with E-state index in [0.717, 1.165) is 23.6 Å². The van der Waals surface area contributed by atoms with Crippen molar-refractivity contribution >= 4 is 34.8 Å². The van der Waals surface area contributed by atoms with Crippen molar-refractivity contribution in [1.82, 2.24) is 10.2 Å². The van der Waals surface area contributed by atoms with Gasteiger partial charge in [0.25, 0.3) is 0 Å². The maximum atomic E-state index is 14.1. The average Bonchev–Trinajstić information content (AvgIpc) is 2.83. The zero-order chi connectivity index (χ0) is 26.4. The van der Waals surface area contributed by atoms with Crippen LogP contribution in [0.15, 0.2) is 66.7 Å². The van der Waals surface area contributed by atoms with Crippen molar-refractivity contribution in [2.45, 2.75) is 38.3 Å². The van der Waals surface area contributed by atoms with Gasteiger partial charge in [-0.25, -0.2) is 8.78 Å². The van der Waals surface area contributed by atoms with E-state index in [1.807, 2.05) is 55.5 Å². The van der Waals surface area contributed by atoms with Gasteiger partial charge in [-0.1, -0.05) is 54.4 Å². The molecule has 0 saturated carbocycles. The van der Waals surface area contributed by atoms with Crippen molar-refractivity contribution < 1.29 is 13.6 Å². The maximum Gasteiger partial charge on any atom is 0.219 e. The molecule has 1 aliphatic rings. The molecule has 0 aromatic heterocycles. The van der Waals surface area contributed by atoms with Crippen LogP contribution in [0.5, 0.6) is 0 Å². The molecule has 1 amide bonds. The van der Waals surface area contributed by atoms with Crippen molar-refractivity contribution in [3.8, 4) is 0 Å². The normalized spacial score (nSPS) is 14.0. The number of rotatable bonds is 11. The first-order chi connectivity index (χ1) is 17.8. The highest BCUT2D eigenvalue weighted by Crippen LogP contribution is 2.36. The van der Waals surface area contributed by atoms with Gasteiger partial charge in [0.15, 0.2) is 0 Å². The molecule has 0 atom stereocenters. The number of likely N-dealkylation sites (tertiary alicyclic amines) is 1. The van der Waals surface area contributed by atoms with Crippen molar-refractivity contribution in [1.29, 1.82) is 0 Å². The molecule has 0 spiro atoms. The smallest absolute Gasteiger partial charge is 0.219 e. The summed E-state index contributed by atoms with van der Waals surface area (Å²) in [7, 11) is 0. The Balaban J connectivity index is 1.51. The van der Waals surface area contributed by atoms with Gasteiger partial charge in [0, 0.05) is 54.4 Å². The SMILES string of the molecule is CCCC(=O)NCCCN(c1cc(F)cc(F)c1)C1CN(C(c2ccc(Cl)cc2)c2ccc(Cl)cc2)C1. The van der Waals surface area contributed by atoms with Gasteiger partial charge in [0.2, 0.25) is 5.91 Å². The largest absolute Gasteiger partial charge is 0.366 e. The molecule has 8 heteroatoms. The van der Waals surface area contributed by atoms with Crippen LogP contribution in [0, 0.1) is 11.6 Å². The van der Waals surface area contributed by atoms with Gasteiger partial charge in [0.05, 0.1) is 12.1 Å². The summed E-state index contributed by atoms with van der Waals surface area (Å²) in [5.74, 6) is -1.19. The lowest BCUT2D eigenvalue weighted by molar-refractivity contribution is -0.121. The van der Waals surface area contributed by atoms with Crippen LogP contribution in [0.3, 0.4) is 0 Å². The van der Waals surface area contributed by atoms with Crippen LogP contribution < -0.4 is 10.2 Å². The third-order valence-corrected chi connectivity index (χ3v) is 7.13. The summed E-state index contributed by atoms with van der Waals surface area (Å²) in [6.45, 7) is 4.46. The van der Waals surface area contributed by atoms with E-state index in [9.17, 15) is 13.6 Å². The van der Waals surface area contributed by atoms with Gasteiger partial charge >= 0.3 is 0 Å². The van der Waals surface area contributed by atoms with E-state index in [1.54, 1.807) is 0 Å². The number of nitrogens with zero attached hydrogens (tertiary/aromatic N) is 2. The Kier molecular flexibility index (Phi) is 9.41. The van der Waals surface area contributed by atoms with E-state index in [1.165, 1.54) is 12.1 Å². The first-order valence-corrected chi connectivity index (χ1v) is 13.3. The number of carbonyl (C=O) groups is 1. The first kappa shape index (κ1) is 27.4. The molecule has 0 bridgehead atoms. The fraction of sp³-hybridized carbons (Fsp3) is 0.345. The number of carbonyl (C=O) groups excluding carboxylic acids is 1. The lowest BCUT2D eigenvalue weighted by Gasteiger charge is -2.50. The third-order valence-electron chi connectivity index (χ3n) is 6.62. The quantitative estimate of drug-likeness (QED) is 0.267. The van der Waals surface area contributed by atoms with E-state index in [0.29, 0.717) is 54.8 Å². The second-order valence-electron chi connectivity index (χ2n) is 9.39. The molecule has 3 aromatic carbocycles. The molecule has 3 aromatic rings. The fourth-order valence-corrected chi connectivity index (χ4v) is 5.07. The monoisotopic (exact) mass is 545 g/mol. The number of benzene rings is 3. The molecule has 196 valence electrons. The number of halogens is 4. The van der Waals surface area contributed by atoms with E-state index < -0.39 is 11.6 Å². The van der Waals surface area contributed by atoms with Crippen LogP contribution in [0.4, 0.5) is 14.5 Å². The third kappa shape index (κ3) is 7.22. The van der Waals surface area contributed by atoms with Crippen LogP contribution in [0.2, 0.25) is 10.0 Å². The molecule has 1 N–H and O–H groups in total. The Morgan fingerprint density at radius 3 is 2.03 bits per heavy atom. The van der Waals surface area contributed by atoms with E-state index in [-0.39, 0.29) is 18.0 Å². The van der Waals surface area contributed by atoms with Gasteiger partial charge in [-0.2, -0.15) is 0 Å². The Bertz CT molecular complexity index is 1120. The Morgan fingerprint density at radius 2 is 1.51 bits per heavy atom. The molecule has 1 fully saturated rings. The predicted molar refractivity (Wildman–Crippen MR) is 146 cm³/mol.